The number of rotatable bonds is 1. The van der Waals surface area contributed by atoms with Crippen LogP contribution in [-0.2, 0) is 0 Å². The Labute approximate surface area is 102 Å². The van der Waals surface area contributed by atoms with E-state index in [-0.39, 0.29) is 0 Å². The van der Waals surface area contributed by atoms with Gasteiger partial charge in [-0.05, 0) is 49.9 Å². The van der Waals surface area contributed by atoms with Crippen molar-refractivity contribution in [2.45, 2.75) is 67.3 Å². The highest BCUT2D eigenvalue weighted by Gasteiger charge is 2.56. The lowest BCUT2D eigenvalue weighted by Gasteiger charge is -2.61. The maximum absolute atomic E-state index is 4.78. The molecule has 3 saturated carbocycles. The highest BCUT2D eigenvalue weighted by molar-refractivity contribution is 5.79. The summed E-state index contributed by atoms with van der Waals surface area (Å²) in [5.41, 5.74) is 1.86. The van der Waals surface area contributed by atoms with Crippen LogP contribution in [0.5, 0.6) is 0 Å². The van der Waals surface area contributed by atoms with Gasteiger partial charge in [-0.2, -0.15) is 0 Å². The third kappa shape index (κ3) is 2.19. The molecule has 4 atom stereocenters. The molecule has 0 spiro atoms. The number of fused-ring (bicyclic) bond motifs is 2. The Morgan fingerprint density at radius 2 is 1.69 bits per heavy atom. The predicted molar refractivity (Wildman–Crippen MR) is 73.1 cm³/mol. The van der Waals surface area contributed by atoms with Gasteiger partial charge in [0.15, 0.2) is 0 Å². The second kappa shape index (κ2) is 4.89. The second-order valence-electron chi connectivity index (χ2n) is 6.10. The van der Waals surface area contributed by atoms with Crippen LogP contribution in [0, 0.1) is 23.2 Å². The van der Waals surface area contributed by atoms with Gasteiger partial charge in [-0.25, -0.2) is 0 Å². The fourth-order valence-electron chi connectivity index (χ4n) is 3.62. The smallest absolute Gasteiger partial charge is 0.0529 e. The van der Waals surface area contributed by atoms with Gasteiger partial charge in [-0.1, -0.05) is 34.6 Å². The van der Waals surface area contributed by atoms with E-state index >= 15 is 0 Å². The third-order valence-corrected chi connectivity index (χ3v) is 4.74. The average molecular weight is 223 g/mol. The van der Waals surface area contributed by atoms with Crippen molar-refractivity contribution in [3.05, 3.63) is 0 Å². The molecule has 1 nitrogen and oxygen atoms in total. The van der Waals surface area contributed by atoms with Crippen LogP contribution in [0.1, 0.15) is 61.3 Å². The Bertz CT molecular complexity index is 261. The maximum Gasteiger partial charge on any atom is 0.0529 e. The molecule has 0 aliphatic heterocycles. The van der Waals surface area contributed by atoms with Crippen LogP contribution in [0.4, 0.5) is 0 Å². The highest BCUT2D eigenvalue weighted by atomic mass is 14.8. The van der Waals surface area contributed by atoms with E-state index in [0.717, 1.165) is 17.8 Å². The van der Waals surface area contributed by atoms with E-state index in [1.54, 1.807) is 0 Å². The first-order valence-corrected chi connectivity index (χ1v) is 6.94. The maximum atomic E-state index is 4.78. The third-order valence-electron chi connectivity index (χ3n) is 4.74. The molecule has 0 unspecified atom stereocenters. The fraction of sp³-hybridized carbons (Fsp3) is 0.933. The molecule has 0 aromatic rings. The van der Waals surface area contributed by atoms with E-state index in [9.17, 15) is 0 Å². The Balaban J connectivity index is 0.000000606. The van der Waals surface area contributed by atoms with Gasteiger partial charge >= 0.3 is 0 Å². The Morgan fingerprint density at radius 3 is 2.06 bits per heavy atom. The van der Waals surface area contributed by atoms with Crippen LogP contribution in [-0.4, -0.2) is 11.8 Å². The molecule has 0 amide bonds. The number of hydrogen-bond acceptors (Lipinski definition) is 1. The van der Waals surface area contributed by atoms with Crippen LogP contribution >= 0.6 is 0 Å². The van der Waals surface area contributed by atoms with Gasteiger partial charge in [0, 0.05) is 5.71 Å². The van der Waals surface area contributed by atoms with Crippen molar-refractivity contribution in [3.63, 3.8) is 0 Å². The van der Waals surface area contributed by atoms with E-state index in [1.807, 2.05) is 13.8 Å². The minimum Gasteiger partial charge on any atom is -0.291 e. The minimum absolute atomic E-state index is 0.604. The Morgan fingerprint density at radius 1 is 1.12 bits per heavy atom. The van der Waals surface area contributed by atoms with E-state index in [1.165, 1.54) is 18.6 Å². The van der Waals surface area contributed by atoms with Gasteiger partial charge in [0.25, 0.3) is 0 Å². The first-order chi connectivity index (χ1) is 7.43. The molecule has 0 radical (unpaired) electrons. The standard InChI is InChI=1S/C13H23N.C2H6/c1-8(2)14-12-7-10-6-11(9(12)3)13(10,4)5;1-2/h9-12H,6-7H2,1-5H3;1-2H3/t9-,10-,11+,12-;/m0./s1. The van der Waals surface area contributed by atoms with Crippen molar-refractivity contribution in [3.8, 4) is 0 Å². The van der Waals surface area contributed by atoms with E-state index in [0.29, 0.717) is 11.5 Å². The number of aliphatic imine (C=N–C) groups is 1. The molecular formula is C15H29N. The van der Waals surface area contributed by atoms with Crippen LogP contribution in [0.25, 0.3) is 0 Å². The summed E-state index contributed by atoms with van der Waals surface area (Å²) in [7, 11) is 0. The number of hydrogen-bond donors (Lipinski definition) is 0. The molecule has 0 aromatic heterocycles. The van der Waals surface area contributed by atoms with Gasteiger partial charge in [0.05, 0.1) is 6.04 Å². The lowest BCUT2D eigenvalue weighted by atomic mass is 9.45. The second-order valence-corrected chi connectivity index (χ2v) is 6.10. The van der Waals surface area contributed by atoms with Gasteiger partial charge in [0.2, 0.25) is 0 Å². The summed E-state index contributed by atoms with van der Waals surface area (Å²) >= 11 is 0. The molecular weight excluding hydrogens is 194 g/mol. The normalized spacial score (nSPS) is 38.9. The lowest BCUT2D eigenvalue weighted by molar-refractivity contribution is -0.108. The molecule has 2 bridgehead atoms. The summed E-state index contributed by atoms with van der Waals surface area (Å²) in [5.74, 6) is 2.66. The SMILES string of the molecule is CC.CC(C)=N[C@H]1C[C@@H]2C[C@H]([C@@H]1C)C2(C)C. The zero-order chi connectivity index (χ0) is 12.5. The highest BCUT2D eigenvalue weighted by Crippen LogP contribution is 2.61. The van der Waals surface area contributed by atoms with Crippen molar-refractivity contribution in [2.75, 3.05) is 0 Å². The minimum atomic E-state index is 0.604. The average Bonchev–Trinajstić information content (AvgIpc) is 2.22. The predicted octanol–water partition coefficient (Wildman–Crippen LogP) is 4.56. The van der Waals surface area contributed by atoms with E-state index in [2.05, 4.69) is 34.6 Å². The van der Waals surface area contributed by atoms with Crippen molar-refractivity contribution in [2.24, 2.45) is 28.2 Å². The molecule has 94 valence electrons. The molecule has 0 heterocycles. The molecule has 1 heteroatoms. The first-order valence-electron chi connectivity index (χ1n) is 6.94. The summed E-state index contributed by atoms with van der Waals surface area (Å²) in [4.78, 5) is 4.78. The summed E-state index contributed by atoms with van der Waals surface area (Å²) in [6.07, 6.45) is 2.79. The lowest BCUT2D eigenvalue weighted by Crippen LogP contribution is -2.56. The topological polar surface area (TPSA) is 12.4 Å². The zero-order valence-corrected chi connectivity index (χ0v) is 12.2. The van der Waals surface area contributed by atoms with Crippen molar-refractivity contribution in [1.82, 2.24) is 0 Å². The largest absolute Gasteiger partial charge is 0.291 e. The van der Waals surface area contributed by atoms with Gasteiger partial charge in [0.1, 0.15) is 0 Å². The van der Waals surface area contributed by atoms with Crippen molar-refractivity contribution in [1.29, 1.82) is 0 Å². The zero-order valence-electron chi connectivity index (χ0n) is 12.2. The first kappa shape index (κ1) is 13.7. The molecule has 0 saturated heterocycles. The van der Waals surface area contributed by atoms with Crippen molar-refractivity contribution < 1.29 is 0 Å². The molecule has 3 aliphatic carbocycles. The fourth-order valence-corrected chi connectivity index (χ4v) is 3.62. The summed E-state index contributed by atoms with van der Waals surface area (Å²) in [6, 6.07) is 0.622. The summed E-state index contributed by atoms with van der Waals surface area (Å²) < 4.78 is 0. The molecule has 0 aromatic carbocycles. The summed E-state index contributed by atoms with van der Waals surface area (Å²) in [5, 5.41) is 0. The van der Waals surface area contributed by atoms with Crippen LogP contribution in [0.3, 0.4) is 0 Å². The molecule has 3 aliphatic rings. The Hall–Kier alpha value is -0.330. The van der Waals surface area contributed by atoms with E-state index in [4.69, 9.17) is 4.99 Å². The van der Waals surface area contributed by atoms with Gasteiger partial charge < -0.3 is 0 Å². The molecule has 3 fully saturated rings. The molecule has 16 heavy (non-hydrogen) atoms. The van der Waals surface area contributed by atoms with Crippen LogP contribution in [0.2, 0.25) is 0 Å². The van der Waals surface area contributed by atoms with Crippen molar-refractivity contribution >= 4 is 5.71 Å². The van der Waals surface area contributed by atoms with Gasteiger partial charge in [-0.15, -0.1) is 0 Å². The monoisotopic (exact) mass is 223 g/mol. The van der Waals surface area contributed by atoms with Crippen LogP contribution in [0.15, 0.2) is 4.99 Å². The summed E-state index contributed by atoms with van der Waals surface area (Å²) in [6.45, 7) is 15.5. The van der Waals surface area contributed by atoms with E-state index < -0.39 is 0 Å². The van der Waals surface area contributed by atoms with Gasteiger partial charge in [-0.3, -0.25) is 4.99 Å². The quantitative estimate of drug-likeness (QED) is 0.578. The molecule has 3 rings (SSSR count). The Kier molecular flexibility index (Phi) is 4.20. The van der Waals surface area contributed by atoms with Crippen LogP contribution < -0.4 is 0 Å². The molecule has 0 N–H and O–H groups in total. The number of nitrogens with zero attached hydrogens (tertiary/aromatic N) is 1.